The Hall–Kier alpha value is 0.0500. The van der Waals surface area contributed by atoms with E-state index < -0.39 is 0 Å². The van der Waals surface area contributed by atoms with E-state index in [4.69, 9.17) is 0 Å². The highest BCUT2D eigenvalue weighted by Crippen LogP contribution is 2.28. The summed E-state index contributed by atoms with van der Waals surface area (Å²) in [6, 6.07) is 0.694. The Morgan fingerprint density at radius 2 is 2.12 bits per heavy atom. The minimum absolute atomic E-state index is 0.694. The fourth-order valence-electron chi connectivity index (χ4n) is 2.40. The highest BCUT2D eigenvalue weighted by Gasteiger charge is 2.16. The molecule has 0 radical (unpaired) electrons. The Kier molecular flexibility index (Phi) is 8.90. The highest BCUT2D eigenvalue weighted by atomic mass is 32.2. The predicted octanol–water partition coefficient (Wildman–Crippen LogP) is 4.39. The largest absolute Gasteiger partial charge is 0.313 e. The molecule has 0 saturated heterocycles. The van der Waals surface area contributed by atoms with Crippen LogP contribution in [0.1, 0.15) is 58.3 Å². The van der Waals surface area contributed by atoms with E-state index in [1.807, 2.05) is 6.08 Å². The standard InChI is InChI=1S/C15H29NS/c1-3-5-9-14(16-12-4-2)13-17-15-10-7-6-8-11-15/h3,14-16H,1,4-13H2,2H3. The SMILES string of the molecule is C=CCCC(CSC1CCCCC1)NCCC. The van der Waals surface area contributed by atoms with E-state index in [9.17, 15) is 0 Å². The quantitative estimate of drug-likeness (QED) is 0.613. The summed E-state index contributed by atoms with van der Waals surface area (Å²) in [4.78, 5) is 0. The second kappa shape index (κ2) is 10.0. The summed E-state index contributed by atoms with van der Waals surface area (Å²) in [5.41, 5.74) is 0. The first-order valence-corrected chi connectivity index (χ1v) is 8.37. The van der Waals surface area contributed by atoms with Crippen LogP contribution < -0.4 is 5.32 Å². The molecule has 0 aromatic rings. The molecular formula is C15H29NS. The van der Waals surface area contributed by atoms with E-state index in [1.54, 1.807) is 0 Å². The summed E-state index contributed by atoms with van der Waals surface area (Å²) in [6.07, 6.45) is 13.0. The lowest BCUT2D eigenvalue weighted by atomic mass is 10.0. The van der Waals surface area contributed by atoms with Crippen LogP contribution in [0.4, 0.5) is 0 Å². The predicted molar refractivity (Wildman–Crippen MR) is 80.8 cm³/mol. The average Bonchev–Trinajstić information content (AvgIpc) is 2.39. The van der Waals surface area contributed by atoms with Crippen LogP contribution in [0.15, 0.2) is 12.7 Å². The van der Waals surface area contributed by atoms with E-state index in [0.29, 0.717) is 6.04 Å². The molecule has 1 fully saturated rings. The van der Waals surface area contributed by atoms with Gasteiger partial charge in [-0.05, 0) is 38.6 Å². The molecule has 2 heteroatoms. The number of thioether (sulfide) groups is 1. The van der Waals surface area contributed by atoms with Gasteiger partial charge in [0.25, 0.3) is 0 Å². The van der Waals surface area contributed by atoms with Gasteiger partial charge in [0, 0.05) is 17.0 Å². The maximum atomic E-state index is 3.83. The first kappa shape index (κ1) is 15.1. The number of allylic oxidation sites excluding steroid dienone is 1. The molecule has 1 N–H and O–H groups in total. The molecule has 1 atom stereocenters. The Labute approximate surface area is 112 Å². The van der Waals surface area contributed by atoms with E-state index >= 15 is 0 Å². The lowest BCUT2D eigenvalue weighted by molar-refractivity contribution is 0.506. The summed E-state index contributed by atoms with van der Waals surface area (Å²) < 4.78 is 0. The molecule has 0 amide bonds. The summed E-state index contributed by atoms with van der Waals surface area (Å²) >= 11 is 2.21. The number of rotatable bonds is 9. The maximum absolute atomic E-state index is 3.83. The van der Waals surface area contributed by atoms with Crippen molar-refractivity contribution in [2.75, 3.05) is 12.3 Å². The van der Waals surface area contributed by atoms with E-state index in [0.717, 1.165) is 18.2 Å². The first-order valence-electron chi connectivity index (χ1n) is 7.32. The second-order valence-corrected chi connectivity index (χ2v) is 6.44. The van der Waals surface area contributed by atoms with Crippen molar-refractivity contribution in [2.45, 2.75) is 69.6 Å². The normalized spacial score (nSPS) is 19.1. The lowest BCUT2D eigenvalue weighted by Crippen LogP contribution is -2.32. The van der Waals surface area contributed by atoms with Crippen LogP contribution in [0.5, 0.6) is 0 Å². The molecule has 100 valence electrons. The minimum atomic E-state index is 0.694. The molecule has 0 aromatic carbocycles. The molecule has 1 unspecified atom stereocenters. The van der Waals surface area contributed by atoms with Gasteiger partial charge in [-0.25, -0.2) is 0 Å². The van der Waals surface area contributed by atoms with Gasteiger partial charge in [-0.15, -0.1) is 6.58 Å². The van der Waals surface area contributed by atoms with Crippen LogP contribution in [-0.4, -0.2) is 23.6 Å². The summed E-state index contributed by atoms with van der Waals surface area (Å²) in [5.74, 6) is 1.29. The zero-order valence-electron chi connectivity index (χ0n) is 11.4. The zero-order chi connectivity index (χ0) is 12.3. The maximum Gasteiger partial charge on any atom is 0.0161 e. The van der Waals surface area contributed by atoms with Crippen molar-refractivity contribution in [2.24, 2.45) is 0 Å². The molecule has 1 saturated carbocycles. The van der Waals surface area contributed by atoms with Gasteiger partial charge in [0.05, 0.1) is 0 Å². The molecule has 1 nitrogen and oxygen atoms in total. The van der Waals surface area contributed by atoms with Crippen LogP contribution in [0, 0.1) is 0 Å². The van der Waals surface area contributed by atoms with Crippen molar-refractivity contribution in [3.8, 4) is 0 Å². The van der Waals surface area contributed by atoms with Gasteiger partial charge < -0.3 is 5.32 Å². The van der Waals surface area contributed by atoms with E-state index in [2.05, 4.69) is 30.6 Å². The monoisotopic (exact) mass is 255 g/mol. The third kappa shape index (κ3) is 7.15. The molecule has 0 spiro atoms. The van der Waals surface area contributed by atoms with Gasteiger partial charge in [-0.3, -0.25) is 0 Å². The smallest absolute Gasteiger partial charge is 0.0161 e. The van der Waals surface area contributed by atoms with Crippen molar-refractivity contribution in [3.05, 3.63) is 12.7 Å². The van der Waals surface area contributed by atoms with Crippen LogP contribution in [0.3, 0.4) is 0 Å². The third-order valence-electron chi connectivity index (χ3n) is 3.49. The zero-order valence-corrected chi connectivity index (χ0v) is 12.2. The average molecular weight is 255 g/mol. The van der Waals surface area contributed by atoms with Gasteiger partial charge in [0.1, 0.15) is 0 Å². The van der Waals surface area contributed by atoms with E-state index in [1.165, 1.54) is 50.7 Å². The van der Waals surface area contributed by atoms with Crippen molar-refractivity contribution in [1.82, 2.24) is 5.32 Å². The van der Waals surface area contributed by atoms with Crippen LogP contribution in [0.2, 0.25) is 0 Å². The highest BCUT2D eigenvalue weighted by molar-refractivity contribution is 7.99. The molecule has 1 aliphatic rings. The van der Waals surface area contributed by atoms with Gasteiger partial charge in [-0.2, -0.15) is 11.8 Å². The number of hydrogen-bond acceptors (Lipinski definition) is 2. The van der Waals surface area contributed by atoms with Gasteiger partial charge in [0.15, 0.2) is 0 Å². The number of hydrogen-bond donors (Lipinski definition) is 1. The van der Waals surface area contributed by atoms with Crippen molar-refractivity contribution >= 4 is 11.8 Å². The molecule has 17 heavy (non-hydrogen) atoms. The summed E-state index contributed by atoms with van der Waals surface area (Å²) in [6.45, 7) is 7.23. The lowest BCUT2D eigenvalue weighted by Gasteiger charge is -2.24. The molecule has 0 heterocycles. The molecular weight excluding hydrogens is 226 g/mol. The third-order valence-corrected chi connectivity index (χ3v) is 5.03. The molecule has 0 bridgehead atoms. The van der Waals surface area contributed by atoms with E-state index in [-0.39, 0.29) is 0 Å². The molecule has 1 rings (SSSR count). The van der Waals surface area contributed by atoms with Gasteiger partial charge in [0.2, 0.25) is 0 Å². The molecule has 0 aliphatic heterocycles. The fourth-order valence-corrected chi connectivity index (χ4v) is 3.85. The van der Waals surface area contributed by atoms with Gasteiger partial charge in [-0.1, -0.05) is 32.3 Å². The fraction of sp³-hybridized carbons (Fsp3) is 0.867. The second-order valence-electron chi connectivity index (χ2n) is 5.11. The first-order chi connectivity index (χ1) is 8.36. The van der Waals surface area contributed by atoms with Gasteiger partial charge >= 0.3 is 0 Å². The Morgan fingerprint density at radius 3 is 2.76 bits per heavy atom. The topological polar surface area (TPSA) is 12.0 Å². The number of nitrogens with one attached hydrogen (secondary N) is 1. The van der Waals surface area contributed by atoms with Crippen molar-refractivity contribution < 1.29 is 0 Å². The summed E-state index contributed by atoms with van der Waals surface area (Å²) in [5, 5.41) is 4.62. The Morgan fingerprint density at radius 1 is 1.35 bits per heavy atom. The molecule has 1 aliphatic carbocycles. The molecule has 0 aromatic heterocycles. The van der Waals surface area contributed by atoms with Crippen LogP contribution in [-0.2, 0) is 0 Å². The Balaban J connectivity index is 2.18. The Bertz CT molecular complexity index is 187. The van der Waals surface area contributed by atoms with Crippen LogP contribution >= 0.6 is 11.8 Å². The minimum Gasteiger partial charge on any atom is -0.313 e. The summed E-state index contributed by atoms with van der Waals surface area (Å²) in [7, 11) is 0. The van der Waals surface area contributed by atoms with Crippen LogP contribution in [0.25, 0.3) is 0 Å². The van der Waals surface area contributed by atoms with Crippen molar-refractivity contribution in [1.29, 1.82) is 0 Å². The van der Waals surface area contributed by atoms with Crippen molar-refractivity contribution in [3.63, 3.8) is 0 Å².